The number of nitrogens with zero attached hydrogens (tertiary/aromatic N) is 4. The van der Waals surface area contributed by atoms with Gasteiger partial charge in [0.1, 0.15) is 6.54 Å². The van der Waals surface area contributed by atoms with Crippen LogP contribution in [0, 0.1) is 0 Å². The van der Waals surface area contributed by atoms with Crippen LogP contribution in [0.1, 0.15) is 11.4 Å². The molecule has 0 saturated heterocycles. The standard InChI is InChI=1S/C10H15N7O/c11-3-9-5-17(16-15-9)6-10(18)13-2-1-8-4-12-7-14-8/h4-5,7H,1-3,6,11H2,(H,12,14)(H,13,18). The van der Waals surface area contributed by atoms with Crippen LogP contribution in [0.2, 0.25) is 0 Å². The first-order valence-corrected chi connectivity index (χ1v) is 5.61. The summed E-state index contributed by atoms with van der Waals surface area (Å²) in [7, 11) is 0. The second kappa shape index (κ2) is 5.92. The predicted octanol–water partition coefficient (Wildman–Crippen LogP) is -1.18. The number of aromatic nitrogens is 5. The topological polar surface area (TPSA) is 115 Å². The first-order chi connectivity index (χ1) is 8.78. The van der Waals surface area contributed by atoms with Crippen molar-refractivity contribution in [2.24, 2.45) is 5.73 Å². The normalized spacial score (nSPS) is 10.5. The van der Waals surface area contributed by atoms with Gasteiger partial charge < -0.3 is 16.0 Å². The highest BCUT2D eigenvalue weighted by molar-refractivity contribution is 5.75. The smallest absolute Gasteiger partial charge is 0.241 e. The molecule has 0 fully saturated rings. The summed E-state index contributed by atoms with van der Waals surface area (Å²) in [5.74, 6) is -0.108. The average molecular weight is 249 g/mol. The van der Waals surface area contributed by atoms with E-state index in [1.165, 1.54) is 4.68 Å². The zero-order valence-electron chi connectivity index (χ0n) is 9.83. The van der Waals surface area contributed by atoms with Gasteiger partial charge in [-0.2, -0.15) is 0 Å². The maximum Gasteiger partial charge on any atom is 0.241 e. The minimum Gasteiger partial charge on any atom is -0.354 e. The van der Waals surface area contributed by atoms with Crippen molar-refractivity contribution in [1.29, 1.82) is 0 Å². The fourth-order valence-electron chi connectivity index (χ4n) is 1.47. The van der Waals surface area contributed by atoms with Gasteiger partial charge in [-0.15, -0.1) is 5.10 Å². The number of amides is 1. The molecule has 0 aromatic carbocycles. The zero-order chi connectivity index (χ0) is 12.8. The molecule has 2 aromatic rings. The molecular formula is C10H15N7O. The van der Waals surface area contributed by atoms with Gasteiger partial charge >= 0.3 is 0 Å². The van der Waals surface area contributed by atoms with Crippen molar-refractivity contribution < 1.29 is 4.79 Å². The van der Waals surface area contributed by atoms with Crippen molar-refractivity contribution in [3.05, 3.63) is 30.1 Å². The fraction of sp³-hybridized carbons (Fsp3) is 0.400. The molecular weight excluding hydrogens is 234 g/mol. The lowest BCUT2D eigenvalue weighted by Gasteiger charge is -2.03. The highest BCUT2D eigenvalue weighted by atomic mass is 16.2. The number of nitrogens with two attached hydrogens (primary N) is 1. The number of H-pyrrole nitrogens is 1. The number of hydrogen-bond donors (Lipinski definition) is 3. The van der Waals surface area contributed by atoms with Crippen LogP contribution < -0.4 is 11.1 Å². The number of imidazole rings is 1. The summed E-state index contributed by atoms with van der Waals surface area (Å²) >= 11 is 0. The molecule has 0 spiro atoms. The second-order valence-corrected chi connectivity index (χ2v) is 3.79. The lowest BCUT2D eigenvalue weighted by atomic mass is 10.3. The Bertz CT molecular complexity index is 490. The van der Waals surface area contributed by atoms with Gasteiger partial charge in [0, 0.05) is 31.4 Å². The Morgan fingerprint density at radius 1 is 1.56 bits per heavy atom. The van der Waals surface area contributed by atoms with E-state index in [0.717, 1.165) is 12.1 Å². The third-order valence-corrected chi connectivity index (χ3v) is 2.37. The van der Waals surface area contributed by atoms with E-state index in [2.05, 4.69) is 25.6 Å². The predicted molar refractivity (Wildman–Crippen MR) is 63.2 cm³/mol. The molecule has 2 aromatic heterocycles. The maximum absolute atomic E-state index is 11.6. The van der Waals surface area contributed by atoms with E-state index in [0.29, 0.717) is 18.8 Å². The van der Waals surface area contributed by atoms with Crippen molar-refractivity contribution in [3.8, 4) is 0 Å². The molecule has 0 radical (unpaired) electrons. The highest BCUT2D eigenvalue weighted by Gasteiger charge is 2.05. The molecule has 1 amide bonds. The maximum atomic E-state index is 11.6. The van der Waals surface area contributed by atoms with Gasteiger partial charge in [-0.3, -0.25) is 4.79 Å². The zero-order valence-corrected chi connectivity index (χ0v) is 9.83. The van der Waals surface area contributed by atoms with Gasteiger partial charge in [0.25, 0.3) is 0 Å². The number of aromatic amines is 1. The number of rotatable bonds is 6. The minimum absolute atomic E-state index is 0.108. The quantitative estimate of drug-likeness (QED) is 0.596. The summed E-state index contributed by atoms with van der Waals surface area (Å²) in [6.07, 6.45) is 5.73. The first-order valence-electron chi connectivity index (χ1n) is 5.61. The minimum atomic E-state index is -0.108. The summed E-state index contributed by atoms with van der Waals surface area (Å²) in [5, 5.41) is 10.4. The van der Waals surface area contributed by atoms with Gasteiger partial charge in [0.05, 0.1) is 18.2 Å². The van der Waals surface area contributed by atoms with Crippen LogP contribution in [0.3, 0.4) is 0 Å². The van der Waals surface area contributed by atoms with Crippen LogP contribution >= 0.6 is 0 Å². The van der Waals surface area contributed by atoms with E-state index in [1.54, 1.807) is 18.7 Å². The number of nitrogens with one attached hydrogen (secondary N) is 2. The van der Waals surface area contributed by atoms with E-state index >= 15 is 0 Å². The molecule has 0 atom stereocenters. The van der Waals surface area contributed by atoms with Gasteiger partial charge in [0.2, 0.25) is 5.91 Å². The molecule has 18 heavy (non-hydrogen) atoms. The molecule has 96 valence electrons. The number of carbonyl (C=O) groups excluding carboxylic acids is 1. The summed E-state index contributed by atoms with van der Waals surface area (Å²) < 4.78 is 1.47. The molecule has 2 rings (SSSR count). The Hall–Kier alpha value is -2.22. The van der Waals surface area contributed by atoms with E-state index in [9.17, 15) is 4.79 Å². The molecule has 0 aliphatic carbocycles. The van der Waals surface area contributed by atoms with Gasteiger partial charge in [-0.1, -0.05) is 5.21 Å². The van der Waals surface area contributed by atoms with Crippen LogP contribution in [0.15, 0.2) is 18.7 Å². The monoisotopic (exact) mass is 249 g/mol. The third-order valence-electron chi connectivity index (χ3n) is 2.37. The third kappa shape index (κ3) is 3.39. The number of carbonyl (C=O) groups is 1. The summed E-state index contributed by atoms with van der Waals surface area (Å²) in [5.41, 5.74) is 7.06. The lowest BCUT2D eigenvalue weighted by Crippen LogP contribution is -2.29. The Morgan fingerprint density at radius 3 is 3.11 bits per heavy atom. The Kier molecular flexibility index (Phi) is 4.02. The van der Waals surface area contributed by atoms with Gasteiger partial charge in [-0.05, 0) is 0 Å². The Labute approximate surface area is 104 Å². The largest absolute Gasteiger partial charge is 0.354 e. The van der Waals surface area contributed by atoms with Crippen LogP contribution in [0.4, 0.5) is 0 Å². The molecule has 8 nitrogen and oxygen atoms in total. The summed E-state index contributed by atoms with van der Waals surface area (Å²) in [6, 6.07) is 0. The second-order valence-electron chi connectivity index (χ2n) is 3.79. The SMILES string of the molecule is NCc1cn(CC(=O)NCCc2cnc[nH]2)nn1. The molecule has 0 aliphatic heterocycles. The van der Waals surface area contributed by atoms with E-state index in [1.807, 2.05) is 0 Å². The average Bonchev–Trinajstić information content (AvgIpc) is 3.00. The first kappa shape index (κ1) is 12.2. The van der Waals surface area contributed by atoms with Crippen LogP contribution in [0.25, 0.3) is 0 Å². The van der Waals surface area contributed by atoms with Crippen LogP contribution in [0.5, 0.6) is 0 Å². The molecule has 2 heterocycles. The molecule has 0 unspecified atom stereocenters. The van der Waals surface area contributed by atoms with Gasteiger partial charge in [-0.25, -0.2) is 9.67 Å². The molecule has 0 aliphatic rings. The van der Waals surface area contributed by atoms with Crippen molar-refractivity contribution >= 4 is 5.91 Å². The molecule has 8 heteroatoms. The van der Waals surface area contributed by atoms with Crippen molar-refractivity contribution in [1.82, 2.24) is 30.3 Å². The van der Waals surface area contributed by atoms with E-state index in [4.69, 9.17) is 5.73 Å². The Morgan fingerprint density at radius 2 is 2.44 bits per heavy atom. The van der Waals surface area contributed by atoms with Crippen molar-refractivity contribution in [2.75, 3.05) is 6.54 Å². The van der Waals surface area contributed by atoms with Crippen LogP contribution in [-0.4, -0.2) is 37.4 Å². The molecule has 4 N–H and O–H groups in total. The summed E-state index contributed by atoms with van der Waals surface area (Å²) in [6.45, 7) is 1.02. The van der Waals surface area contributed by atoms with Crippen molar-refractivity contribution in [3.63, 3.8) is 0 Å². The molecule has 0 saturated carbocycles. The lowest BCUT2D eigenvalue weighted by molar-refractivity contribution is -0.121. The van der Waals surface area contributed by atoms with E-state index in [-0.39, 0.29) is 12.5 Å². The van der Waals surface area contributed by atoms with E-state index < -0.39 is 0 Å². The summed E-state index contributed by atoms with van der Waals surface area (Å²) in [4.78, 5) is 18.4. The van der Waals surface area contributed by atoms with Crippen molar-refractivity contribution in [2.45, 2.75) is 19.5 Å². The number of hydrogen-bond acceptors (Lipinski definition) is 5. The fourth-order valence-corrected chi connectivity index (χ4v) is 1.47. The highest BCUT2D eigenvalue weighted by Crippen LogP contribution is 1.92. The molecule has 0 bridgehead atoms. The van der Waals surface area contributed by atoms with Crippen LogP contribution in [-0.2, 0) is 24.3 Å². The van der Waals surface area contributed by atoms with Gasteiger partial charge in [0.15, 0.2) is 0 Å². The Balaban J connectivity index is 1.71.